The molecule has 2 aromatic carbocycles. The Morgan fingerprint density at radius 1 is 1.00 bits per heavy atom. The molecule has 1 aromatic heterocycles. The standard InChI is InChI=1S/C18H14FNO3S/c1-13-2-8-17(9-3-13)24(22,23)20-11-14(12-21)10-18(20)15-4-6-16(19)7-5-15/h2-12H,1H3. The average Bonchev–Trinajstić information content (AvgIpc) is 3.01. The Labute approximate surface area is 139 Å². The minimum Gasteiger partial charge on any atom is -0.298 e. The predicted octanol–water partition coefficient (Wildman–Crippen LogP) is 3.65. The van der Waals surface area contributed by atoms with Crippen molar-refractivity contribution >= 4 is 16.3 Å². The first-order chi connectivity index (χ1) is 11.4. The molecule has 1 heterocycles. The van der Waals surface area contributed by atoms with Crippen LogP contribution < -0.4 is 0 Å². The zero-order chi connectivity index (χ0) is 17.3. The van der Waals surface area contributed by atoms with Crippen molar-refractivity contribution in [3.05, 3.63) is 77.7 Å². The van der Waals surface area contributed by atoms with Gasteiger partial charge in [-0.3, -0.25) is 4.79 Å². The van der Waals surface area contributed by atoms with Gasteiger partial charge >= 0.3 is 0 Å². The van der Waals surface area contributed by atoms with Gasteiger partial charge in [0.2, 0.25) is 0 Å². The van der Waals surface area contributed by atoms with Crippen LogP contribution in [0.15, 0.2) is 65.7 Å². The van der Waals surface area contributed by atoms with Gasteiger partial charge < -0.3 is 0 Å². The third-order valence-electron chi connectivity index (χ3n) is 3.66. The van der Waals surface area contributed by atoms with Crippen molar-refractivity contribution in [3.8, 4) is 11.3 Å². The molecule has 0 atom stereocenters. The average molecular weight is 343 g/mol. The topological polar surface area (TPSA) is 56.1 Å². The maximum Gasteiger partial charge on any atom is 0.268 e. The second kappa shape index (κ2) is 6.05. The van der Waals surface area contributed by atoms with Crippen molar-refractivity contribution in [3.63, 3.8) is 0 Å². The molecule has 0 N–H and O–H groups in total. The molecule has 3 aromatic rings. The summed E-state index contributed by atoms with van der Waals surface area (Å²) in [6.07, 6.45) is 1.84. The van der Waals surface area contributed by atoms with E-state index in [2.05, 4.69) is 0 Å². The van der Waals surface area contributed by atoms with Crippen LogP contribution in [0.5, 0.6) is 0 Å². The molecule has 122 valence electrons. The highest BCUT2D eigenvalue weighted by Crippen LogP contribution is 2.27. The molecular formula is C18H14FNO3S. The van der Waals surface area contributed by atoms with E-state index in [-0.39, 0.29) is 10.5 Å². The summed E-state index contributed by atoms with van der Waals surface area (Å²) in [5.41, 5.74) is 1.97. The molecule has 0 radical (unpaired) electrons. The first-order valence-electron chi connectivity index (χ1n) is 7.17. The monoisotopic (exact) mass is 343 g/mol. The number of halogens is 1. The van der Waals surface area contributed by atoms with Crippen LogP contribution >= 0.6 is 0 Å². The SMILES string of the molecule is Cc1ccc(S(=O)(=O)n2cc(C=O)cc2-c2ccc(F)cc2)cc1. The summed E-state index contributed by atoms with van der Waals surface area (Å²) in [7, 11) is -3.87. The molecule has 0 saturated heterocycles. The van der Waals surface area contributed by atoms with Gasteiger partial charge in [-0.1, -0.05) is 17.7 Å². The molecule has 0 unspecified atom stereocenters. The lowest BCUT2D eigenvalue weighted by Gasteiger charge is -2.11. The van der Waals surface area contributed by atoms with E-state index in [4.69, 9.17) is 0 Å². The highest BCUT2D eigenvalue weighted by Gasteiger charge is 2.21. The van der Waals surface area contributed by atoms with Crippen molar-refractivity contribution in [2.24, 2.45) is 0 Å². The van der Waals surface area contributed by atoms with E-state index in [1.54, 1.807) is 12.1 Å². The largest absolute Gasteiger partial charge is 0.298 e. The van der Waals surface area contributed by atoms with Crippen LogP contribution in [0.25, 0.3) is 11.3 Å². The number of hydrogen-bond acceptors (Lipinski definition) is 3. The number of nitrogens with zero attached hydrogens (tertiary/aromatic N) is 1. The molecule has 0 fully saturated rings. The first kappa shape index (κ1) is 16.1. The minimum absolute atomic E-state index is 0.115. The zero-order valence-corrected chi connectivity index (χ0v) is 13.6. The minimum atomic E-state index is -3.87. The fourth-order valence-electron chi connectivity index (χ4n) is 2.38. The van der Waals surface area contributed by atoms with Crippen molar-refractivity contribution in [1.29, 1.82) is 0 Å². The van der Waals surface area contributed by atoms with Crippen LogP contribution in [0.2, 0.25) is 0 Å². The molecule has 0 spiro atoms. The molecule has 3 rings (SSSR count). The van der Waals surface area contributed by atoms with E-state index in [1.165, 1.54) is 48.7 Å². The summed E-state index contributed by atoms with van der Waals surface area (Å²) in [4.78, 5) is 11.2. The highest BCUT2D eigenvalue weighted by molar-refractivity contribution is 7.90. The van der Waals surface area contributed by atoms with Crippen LogP contribution in [0.3, 0.4) is 0 Å². The summed E-state index contributed by atoms with van der Waals surface area (Å²) in [5.74, 6) is -0.422. The molecule has 4 nitrogen and oxygen atoms in total. The summed E-state index contributed by atoms with van der Waals surface area (Å²) < 4.78 is 40.0. The van der Waals surface area contributed by atoms with Crippen molar-refractivity contribution in [1.82, 2.24) is 3.97 Å². The lowest BCUT2D eigenvalue weighted by molar-refractivity contribution is 0.112. The number of benzene rings is 2. The number of aldehydes is 1. The molecule has 0 aliphatic carbocycles. The Morgan fingerprint density at radius 2 is 1.62 bits per heavy atom. The van der Waals surface area contributed by atoms with Crippen LogP contribution in [0.4, 0.5) is 4.39 Å². The van der Waals surface area contributed by atoms with E-state index in [1.807, 2.05) is 6.92 Å². The van der Waals surface area contributed by atoms with E-state index < -0.39 is 15.8 Å². The first-order valence-corrected chi connectivity index (χ1v) is 8.61. The number of aryl methyl sites for hydroxylation is 1. The number of rotatable bonds is 4. The van der Waals surface area contributed by atoms with Gasteiger partial charge in [0.05, 0.1) is 10.6 Å². The summed E-state index contributed by atoms with van der Waals surface area (Å²) in [6, 6.07) is 13.3. The molecular weight excluding hydrogens is 329 g/mol. The predicted molar refractivity (Wildman–Crippen MR) is 89.0 cm³/mol. The van der Waals surface area contributed by atoms with Crippen molar-refractivity contribution in [2.75, 3.05) is 0 Å². The number of aromatic nitrogens is 1. The Morgan fingerprint density at radius 3 is 2.21 bits per heavy atom. The summed E-state index contributed by atoms with van der Waals surface area (Å²) >= 11 is 0. The van der Waals surface area contributed by atoms with Crippen molar-refractivity contribution in [2.45, 2.75) is 11.8 Å². The molecule has 0 aliphatic heterocycles. The third kappa shape index (κ3) is 2.88. The second-order valence-electron chi connectivity index (χ2n) is 5.40. The zero-order valence-electron chi connectivity index (χ0n) is 12.8. The molecule has 24 heavy (non-hydrogen) atoms. The number of carbonyl (C=O) groups excluding carboxylic acids is 1. The third-order valence-corrected chi connectivity index (χ3v) is 5.35. The van der Waals surface area contributed by atoms with E-state index in [9.17, 15) is 17.6 Å². The van der Waals surface area contributed by atoms with Gasteiger partial charge in [0, 0.05) is 11.8 Å². The van der Waals surface area contributed by atoms with E-state index >= 15 is 0 Å². The van der Waals surface area contributed by atoms with Gasteiger partial charge in [0.15, 0.2) is 6.29 Å². The van der Waals surface area contributed by atoms with Gasteiger partial charge in [-0.15, -0.1) is 0 Å². The van der Waals surface area contributed by atoms with Gasteiger partial charge in [0.25, 0.3) is 10.0 Å². The molecule has 6 heteroatoms. The van der Waals surface area contributed by atoms with Crippen LogP contribution in [-0.4, -0.2) is 18.7 Å². The molecule has 0 amide bonds. The second-order valence-corrected chi connectivity index (χ2v) is 7.21. The Kier molecular flexibility index (Phi) is 4.07. The van der Waals surface area contributed by atoms with Crippen molar-refractivity contribution < 1.29 is 17.6 Å². The van der Waals surface area contributed by atoms with Gasteiger partial charge in [0.1, 0.15) is 5.82 Å². The maximum absolute atomic E-state index is 13.1. The highest BCUT2D eigenvalue weighted by atomic mass is 32.2. The number of carbonyl (C=O) groups is 1. The quantitative estimate of drug-likeness (QED) is 0.680. The number of hydrogen-bond donors (Lipinski definition) is 0. The van der Waals surface area contributed by atoms with Crippen LogP contribution in [0, 0.1) is 12.7 Å². The van der Waals surface area contributed by atoms with Gasteiger partial charge in [-0.2, -0.15) is 0 Å². The summed E-state index contributed by atoms with van der Waals surface area (Å²) in [6.45, 7) is 1.86. The van der Waals surface area contributed by atoms with Gasteiger partial charge in [-0.05, 0) is 55.0 Å². The van der Waals surface area contributed by atoms with E-state index in [0.29, 0.717) is 17.5 Å². The smallest absolute Gasteiger partial charge is 0.268 e. The Bertz CT molecular complexity index is 988. The fourth-order valence-corrected chi connectivity index (χ4v) is 3.77. The Balaban J connectivity index is 2.20. The molecule has 0 saturated carbocycles. The normalized spacial score (nSPS) is 11.4. The van der Waals surface area contributed by atoms with Crippen LogP contribution in [-0.2, 0) is 10.0 Å². The van der Waals surface area contributed by atoms with E-state index in [0.717, 1.165) is 9.54 Å². The molecule has 0 aliphatic rings. The Hall–Kier alpha value is -2.73. The fraction of sp³-hybridized carbons (Fsp3) is 0.0556. The molecule has 0 bridgehead atoms. The maximum atomic E-state index is 13.1. The van der Waals surface area contributed by atoms with Gasteiger partial charge in [-0.25, -0.2) is 16.8 Å². The summed E-state index contributed by atoms with van der Waals surface area (Å²) in [5, 5.41) is 0. The lowest BCUT2D eigenvalue weighted by atomic mass is 10.1. The van der Waals surface area contributed by atoms with Crippen LogP contribution in [0.1, 0.15) is 15.9 Å². The lowest BCUT2D eigenvalue weighted by Crippen LogP contribution is -2.13.